The lowest BCUT2D eigenvalue weighted by atomic mass is 9.89. The van der Waals surface area contributed by atoms with E-state index in [1.807, 2.05) is 6.07 Å². The van der Waals surface area contributed by atoms with Crippen LogP contribution >= 0.6 is 0 Å². The molecule has 8 heteroatoms. The molecular formula is C19H15FN4O3. The minimum atomic E-state index is -0.759. The number of rotatable bonds is 4. The fourth-order valence-electron chi connectivity index (χ4n) is 3.01. The van der Waals surface area contributed by atoms with Gasteiger partial charge in [0.15, 0.2) is 5.76 Å². The van der Waals surface area contributed by atoms with E-state index >= 15 is 0 Å². The third kappa shape index (κ3) is 3.55. The zero-order chi connectivity index (χ0) is 18.8. The number of hydrogen-bond donors (Lipinski definition) is 2. The van der Waals surface area contributed by atoms with Crippen LogP contribution in [0.4, 0.5) is 10.1 Å². The Labute approximate surface area is 153 Å². The SMILES string of the molecule is O=C1C[C@H](C(=O)NCc2cc(-c3cccnc3)no2)c2cc(F)ccc2N1. The van der Waals surface area contributed by atoms with Gasteiger partial charge in [0, 0.05) is 36.1 Å². The number of nitrogens with zero attached hydrogens (tertiary/aromatic N) is 2. The molecule has 0 aliphatic carbocycles. The fourth-order valence-corrected chi connectivity index (χ4v) is 3.01. The summed E-state index contributed by atoms with van der Waals surface area (Å²) in [6, 6.07) is 9.31. The fraction of sp³-hybridized carbons (Fsp3) is 0.158. The molecule has 1 aliphatic rings. The topological polar surface area (TPSA) is 97.1 Å². The smallest absolute Gasteiger partial charge is 0.228 e. The van der Waals surface area contributed by atoms with Crippen molar-refractivity contribution >= 4 is 17.5 Å². The van der Waals surface area contributed by atoms with E-state index in [9.17, 15) is 14.0 Å². The van der Waals surface area contributed by atoms with Crippen molar-refractivity contribution in [1.29, 1.82) is 0 Å². The number of carbonyl (C=O) groups excluding carboxylic acids is 2. The number of halogens is 1. The highest BCUT2D eigenvalue weighted by Crippen LogP contribution is 2.33. The number of hydrogen-bond acceptors (Lipinski definition) is 5. The van der Waals surface area contributed by atoms with Crippen LogP contribution < -0.4 is 10.6 Å². The molecule has 1 atom stereocenters. The number of anilines is 1. The van der Waals surface area contributed by atoms with E-state index in [0.717, 1.165) is 5.56 Å². The highest BCUT2D eigenvalue weighted by atomic mass is 19.1. The molecule has 0 saturated heterocycles. The predicted octanol–water partition coefficient (Wildman–Crippen LogP) is 2.62. The van der Waals surface area contributed by atoms with Gasteiger partial charge < -0.3 is 15.2 Å². The quantitative estimate of drug-likeness (QED) is 0.740. The van der Waals surface area contributed by atoms with Crippen LogP contribution in [0, 0.1) is 5.82 Å². The third-order valence-electron chi connectivity index (χ3n) is 4.32. The van der Waals surface area contributed by atoms with Crippen molar-refractivity contribution < 1.29 is 18.5 Å². The molecule has 7 nitrogen and oxygen atoms in total. The van der Waals surface area contributed by atoms with Gasteiger partial charge in [0.2, 0.25) is 11.8 Å². The van der Waals surface area contributed by atoms with Crippen LogP contribution in [0.15, 0.2) is 53.3 Å². The molecule has 27 heavy (non-hydrogen) atoms. The second-order valence-electron chi connectivity index (χ2n) is 6.17. The van der Waals surface area contributed by atoms with Gasteiger partial charge in [-0.05, 0) is 35.9 Å². The summed E-state index contributed by atoms with van der Waals surface area (Å²) in [5, 5.41) is 9.33. The van der Waals surface area contributed by atoms with Gasteiger partial charge in [0.05, 0.1) is 12.5 Å². The number of carbonyl (C=O) groups is 2. The molecule has 3 heterocycles. The molecule has 0 radical (unpaired) electrons. The number of fused-ring (bicyclic) bond motifs is 1. The molecule has 3 aromatic rings. The minimum Gasteiger partial charge on any atom is -0.359 e. The van der Waals surface area contributed by atoms with E-state index in [1.54, 1.807) is 24.5 Å². The van der Waals surface area contributed by atoms with Gasteiger partial charge in [0.1, 0.15) is 11.5 Å². The maximum Gasteiger partial charge on any atom is 0.228 e. The largest absolute Gasteiger partial charge is 0.359 e. The van der Waals surface area contributed by atoms with Crippen molar-refractivity contribution in [2.24, 2.45) is 0 Å². The van der Waals surface area contributed by atoms with Crippen LogP contribution in [0.3, 0.4) is 0 Å². The molecule has 1 aromatic carbocycles. The highest BCUT2D eigenvalue weighted by Gasteiger charge is 2.31. The Hall–Kier alpha value is -3.55. The van der Waals surface area contributed by atoms with Gasteiger partial charge in [-0.3, -0.25) is 14.6 Å². The molecule has 2 N–H and O–H groups in total. The molecule has 2 aromatic heterocycles. The van der Waals surface area contributed by atoms with E-state index in [4.69, 9.17) is 4.52 Å². The van der Waals surface area contributed by atoms with Gasteiger partial charge in [-0.25, -0.2) is 4.39 Å². The van der Waals surface area contributed by atoms with Crippen molar-refractivity contribution in [2.75, 3.05) is 5.32 Å². The van der Waals surface area contributed by atoms with E-state index < -0.39 is 11.7 Å². The van der Waals surface area contributed by atoms with Crippen LogP contribution in [0.1, 0.15) is 23.7 Å². The minimum absolute atomic E-state index is 0.0420. The van der Waals surface area contributed by atoms with Crippen LogP contribution in [0.25, 0.3) is 11.3 Å². The molecule has 136 valence electrons. The molecule has 0 saturated carbocycles. The first-order chi connectivity index (χ1) is 13.1. The Bertz CT molecular complexity index is 1000. The van der Waals surface area contributed by atoms with Gasteiger partial charge in [-0.15, -0.1) is 0 Å². The van der Waals surface area contributed by atoms with Crippen molar-refractivity contribution in [1.82, 2.24) is 15.5 Å². The van der Waals surface area contributed by atoms with Gasteiger partial charge >= 0.3 is 0 Å². The van der Waals surface area contributed by atoms with Crippen molar-refractivity contribution in [3.05, 3.63) is 65.9 Å². The Morgan fingerprint density at radius 2 is 2.22 bits per heavy atom. The standard InChI is InChI=1S/C19H15FN4O3/c20-12-3-4-16-14(6-12)15(8-18(25)23-16)19(26)22-10-13-7-17(24-27-13)11-2-1-5-21-9-11/h1-7,9,15H,8,10H2,(H,22,26)(H,23,25)/t15-/m0/s1. The number of benzene rings is 1. The lowest BCUT2D eigenvalue weighted by Gasteiger charge is -2.24. The molecule has 0 fully saturated rings. The van der Waals surface area contributed by atoms with Crippen LogP contribution in [0.2, 0.25) is 0 Å². The average Bonchev–Trinajstić information content (AvgIpc) is 3.15. The first-order valence-electron chi connectivity index (χ1n) is 8.33. The molecule has 0 bridgehead atoms. The third-order valence-corrected chi connectivity index (χ3v) is 4.32. The van der Waals surface area contributed by atoms with E-state index in [-0.39, 0.29) is 24.8 Å². The summed E-state index contributed by atoms with van der Waals surface area (Å²) in [7, 11) is 0. The Balaban J connectivity index is 1.47. The summed E-state index contributed by atoms with van der Waals surface area (Å²) in [4.78, 5) is 28.4. The monoisotopic (exact) mass is 366 g/mol. The number of aromatic nitrogens is 2. The summed E-state index contributed by atoms with van der Waals surface area (Å²) in [6.07, 6.45) is 3.28. The molecule has 1 aliphatic heterocycles. The first kappa shape index (κ1) is 16.9. The van der Waals surface area contributed by atoms with E-state index in [0.29, 0.717) is 22.7 Å². The zero-order valence-corrected chi connectivity index (χ0v) is 14.1. The number of nitrogens with one attached hydrogen (secondary N) is 2. The normalized spacial score (nSPS) is 15.7. The summed E-state index contributed by atoms with van der Waals surface area (Å²) in [6.45, 7) is 0.106. The van der Waals surface area contributed by atoms with E-state index in [1.165, 1.54) is 18.2 Å². The summed E-state index contributed by atoms with van der Waals surface area (Å²) in [5.41, 5.74) is 2.32. The number of amides is 2. The maximum absolute atomic E-state index is 13.6. The second kappa shape index (κ2) is 6.99. The second-order valence-corrected chi connectivity index (χ2v) is 6.17. The molecular weight excluding hydrogens is 351 g/mol. The zero-order valence-electron chi connectivity index (χ0n) is 14.1. The molecule has 4 rings (SSSR count). The number of pyridine rings is 1. The Morgan fingerprint density at radius 3 is 3.04 bits per heavy atom. The van der Waals surface area contributed by atoms with Gasteiger partial charge in [-0.2, -0.15) is 0 Å². The molecule has 0 unspecified atom stereocenters. The van der Waals surface area contributed by atoms with Crippen molar-refractivity contribution in [3.8, 4) is 11.3 Å². The first-order valence-corrected chi connectivity index (χ1v) is 8.33. The predicted molar refractivity (Wildman–Crippen MR) is 94.0 cm³/mol. The summed E-state index contributed by atoms with van der Waals surface area (Å²) >= 11 is 0. The van der Waals surface area contributed by atoms with Gasteiger partial charge in [-0.1, -0.05) is 5.16 Å². The Morgan fingerprint density at radius 1 is 1.33 bits per heavy atom. The van der Waals surface area contributed by atoms with Crippen LogP contribution in [-0.2, 0) is 16.1 Å². The van der Waals surface area contributed by atoms with Gasteiger partial charge in [0.25, 0.3) is 0 Å². The lowest BCUT2D eigenvalue weighted by Crippen LogP contribution is -2.34. The molecule has 2 amide bonds. The van der Waals surface area contributed by atoms with Crippen LogP contribution in [-0.4, -0.2) is 22.0 Å². The highest BCUT2D eigenvalue weighted by molar-refractivity contribution is 6.01. The summed E-state index contributed by atoms with van der Waals surface area (Å²) in [5.74, 6) is -1.42. The lowest BCUT2D eigenvalue weighted by molar-refractivity contribution is -0.126. The summed E-state index contributed by atoms with van der Waals surface area (Å²) < 4.78 is 18.8. The average molecular weight is 366 g/mol. The van der Waals surface area contributed by atoms with Crippen molar-refractivity contribution in [3.63, 3.8) is 0 Å². The van der Waals surface area contributed by atoms with Crippen molar-refractivity contribution in [2.45, 2.75) is 18.9 Å². The maximum atomic E-state index is 13.6. The Kier molecular flexibility index (Phi) is 4.37. The van der Waals surface area contributed by atoms with E-state index in [2.05, 4.69) is 20.8 Å². The molecule has 0 spiro atoms. The van der Waals surface area contributed by atoms with Crippen LogP contribution in [0.5, 0.6) is 0 Å².